The van der Waals surface area contributed by atoms with Crippen molar-refractivity contribution in [2.24, 2.45) is 11.7 Å². The molecule has 0 aliphatic carbocycles. The van der Waals surface area contributed by atoms with Gasteiger partial charge in [0.05, 0.1) is 13.1 Å². The summed E-state index contributed by atoms with van der Waals surface area (Å²) in [5.74, 6) is -2.74. The van der Waals surface area contributed by atoms with Crippen LogP contribution in [0.2, 0.25) is 0 Å². The molecule has 0 aromatic carbocycles. The first-order valence-corrected chi connectivity index (χ1v) is 7.57. The number of nitrogens with zero attached hydrogens (tertiary/aromatic N) is 1. The van der Waals surface area contributed by atoms with Gasteiger partial charge in [0.25, 0.3) is 0 Å². The fraction of sp³-hybridized carbons (Fsp3) is 0.714. The Morgan fingerprint density at radius 2 is 1.96 bits per heavy atom. The summed E-state index contributed by atoms with van der Waals surface area (Å²) in [5.41, 5.74) is 5.31. The minimum Gasteiger partial charge on any atom is -0.480 e. The van der Waals surface area contributed by atoms with Crippen molar-refractivity contribution in [3.63, 3.8) is 0 Å². The zero-order valence-electron chi connectivity index (χ0n) is 13.4. The Hall–Kier alpha value is -2.16. The average Bonchev–Trinajstić information content (AvgIpc) is 2.98. The van der Waals surface area contributed by atoms with Crippen molar-refractivity contribution in [1.29, 1.82) is 0 Å². The number of carboxylic acid groups (broad SMARTS) is 1. The van der Waals surface area contributed by atoms with Crippen molar-refractivity contribution < 1.29 is 24.3 Å². The first-order chi connectivity index (χ1) is 10.8. The van der Waals surface area contributed by atoms with Crippen molar-refractivity contribution in [2.75, 3.05) is 19.6 Å². The summed E-state index contributed by atoms with van der Waals surface area (Å²) < 4.78 is 0. The molecule has 2 atom stereocenters. The second-order valence-corrected chi connectivity index (χ2v) is 5.79. The molecule has 3 amide bonds. The molecule has 0 bridgehead atoms. The number of rotatable bonds is 7. The highest BCUT2D eigenvalue weighted by atomic mass is 16.4. The van der Waals surface area contributed by atoms with Crippen LogP contribution < -0.4 is 16.4 Å². The van der Waals surface area contributed by atoms with Gasteiger partial charge in [-0.3, -0.25) is 14.4 Å². The highest BCUT2D eigenvalue weighted by Gasteiger charge is 2.33. The maximum Gasteiger partial charge on any atom is 0.326 e. The Morgan fingerprint density at radius 3 is 2.48 bits per heavy atom. The second-order valence-electron chi connectivity index (χ2n) is 5.79. The molecule has 130 valence electrons. The molecule has 0 radical (unpaired) electrons. The van der Waals surface area contributed by atoms with E-state index >= 15 is 0 Å². The standard InChI is InChI=1S/C14H24N4O5/c1-8(2)12(14(22)23)17-10(19)7-16-13(21)9-4-3-5-18(9)11(20)6-15/h8-9,12H,3-7,15H2,1-2H3,(H,16,21)(H,17,19)(H,22,23). The van der Waals surface area contributed by atoms with Crippen LogP contribution in [0.4, 0.5) is 0 Å². The van der Waals surface area contributed by atoms with E-state index in [1.807, 2.05) is 0 Å². The van der Waals surface area contributed by atoms with Crippen molar-refractivity contribution in [3.05, 3.63) is 0 Å². The molecular formula is C14H24N4O5. The van der Waals surface area contributed by atoms with Gasteiger partial charge in [0.2, 0.25) is 17.7 Å². The topological polar surface area (TPSA) is 142 Å². The Labute approximate surface area is 134 Å². The van der Waals surface area contributed by atoms with Crippen LogP contribution in [0.15, 0.2) is 0 Å². The van der Waals surface area contributed by atoms with E-state index in [1.54, 1.807) is 13.8 Å². The van der Waals surface area contributed by atoms with Gasteiger partial charge in [-0.25, -0.2) is 4.79 Å². The Bertz CT molecular complexity index is 480. The summed E-state index contributed by atoms with van der Waals surface area (Å²) in [6, 6.07) is -1.64. The maximum atomic E-state index is 12.1. The Balaban J connectivity index is 2.50. The van der Waals surface area contributed by atoms with Crippen LogP contribution in [0.3, 0.4) is 0 Å². The molecule has 1 rings (SSSR count). The molecule has 9 nitrogen and oxygen atoms in total. The quantitative estimate of drug-likeness (QED) is 0.438. The van der Waals surface area contributed by atoms with E-state index < -0.39 is 29.9 Å². The zero-order valence-corrected chi connectivity index (χ0v) is 13.4. The van der Waals surface area contributed by atoms with Crippen LogP contribution in [0.5, 0.6) is 0 Å². The molecule has 1 aliphatic rings. The van der Waals surface area contributed by atoms with Gasteiger partial charge in [0, 0.05) is 6.54 Å². The third-order valence-corrected chi connectivity index (χ3v) is 3.72. The van der Waals surface area contributed by atoms with E-state index in [2.05, 4.69) is 10.6 Å². The van der Waals surface area contributed by atoms with Crippen molar-refractivity contribution in [3.8, 4) is 0 Å². The molecular weight excluding hydrogens is 304 g/mol. The molecule has 1 fully saturated rings. The van der Waals surface area contributed by atoms with Gasteiger partial charge in [0.1, 0.15) is 12.1 Å². The fourth-order valence-corrected chi connectivity index (χ4v) is 2.48. The van der Waals surface area contributed by atoms with Crippen molar-refractivity contribution >= 4 is 23.7 Å². The highest BCUT2D eigenvalue weighted by molar-refractivity contribution is 5.92. The number of amides is 3. The van der Waals surface area contributed by atoms with Gasteiger partial charge in [-0.15, -0.1) is 0 Å². The van der Waals surface area contributed by atoms with E-state index in [4.69, 9.17) is 10.8 Å². The number of likely N-dealkylation sites (tertiary alicyclic amines) is 1. The highest BCUT2D eigenvalue weighted by Crippen LogP contribution is 2.17. The minimum atomic E-state index is -1.13. The summed E-state index contributed by atoms with van der Waals surface area (Å²) in [7, 11) is 0. The zero-order chi connectivity index (χ0) is 17.6. The summed E-state index contributed by atoms with van der Waals surface area (Å²) in [4.78, 5) is 47.9. The minimum absolute atomic E-state index is 0.168. The smallest absolute Gasteiger partial charge is 0.326 e. The number of hydrogen-bond donors (Lipinski definition) is 4. The third kappa shape index (κ3) is 5.20. The summed E-state index contributed by atoms with van der Waals surface area (Å²) in [5, 5.41) is 13.8. The normalized spacial score (nSPS) is 18.6. The van der Waals surface area contributed by atoms with Gasteiger partial charge < -0.3 is 26.4 Å². The van der Waals surface area contributed by atoms with Crippen LogP contribution in [0, 0.1) is 5.92 Å². The van der Waals surface area contributed by atoms with Crippen LogP contribution in [-0.2, 0) is 19.2 Å². The first kappa shape index (κ1) is 18.9. The average molecular weight is 328 g/mol. The molecule has 1 aliphatic heterocycles. The monoisotopic (exact) mass is 328 g/mol. The lowest BCUT2D eigenvalue weighted by molar-refractivity contribution is -0.143. The van der Waals surface area contributed by atoms with Crippen LogP contribution in [-0.4, -0.2) is 65.4 Å². The number of nitrogens with two attached hydrogens (primary N) is 1. The van der Waals surface area contributed by atoms with E-state index in [1.165, 1.54) is 4.90 Å². The largest absolute Gasteiger partial charge is 0.480 e. The van der Waals surface area contributed by atoms with Gasteiger partial charge in [-0.2, -0.15) is 0 Å². The molecule has 0 aromatic heterocycles. The lowest BCUT2D eigenvalue weighted by Gasteiger charge is -2.23. The van der Waals surface area contributed by atoms with Gasteiger partial charge in [0.15, 0.2) is 0 Å². The summed E-state index contributed by atoms with van der Waals surface area (Å²) in [6.45, 7) is 3.31. The molecule has 0 saturated carbocycles. The Morgan fingerprint density at radius 1 is 1.30 bits per heavy atom. The second kappa shape index (κ2) is 8.47. The van der Waals surface area contributed by atoms with E-state index in [0.29, 0.717) is 19.4 Å². The predicted molar refractivity (Wildman–Crippen MR) is 81.2 cm³/mol. The molecule has 5 N–H and O–H groups in total. The molecule has 23 heavy (non-hydrogen) atoms. The van der Waals surface area contributed by atoms with Crippen LogP contribution in [0.25, 0.3) is 0 Å². The van der Waals surface area contributed by atoms with Gasteiger partial charge >= 0.3 is 5.97 Å². The first-order valence-electron chi connectivity index (χ1n) is 7.57. The van der Waals surface area contributed by atoms with Crippen LogP contribution in [0.1, 0.15) is 26.7 Å². The number of carbonyl (C=O) groups excluding carboxylic acids is 3. The number of nitrogens with one attached hydrogen (secondary N) is 2. The maximum absolute atomic E-state index is 12.1. The fourth-order valence-electron chi connectivity index (χ4n) is 2.48. The Kier molecular flexibility index (Phi) is 6.95. The van der Waals surface area contributed by atoms with Gasteiger partial charge in [-0.1, -0.05) is 13.8 Å². The lowest BCUT2D eigenvalue weighted by atomic mass is 10.1. The van der Waals surface area contributed by atoms with Gasteiger partial charge in [-0.05, 0) is 18.8 Å². The van der Waals surface area contributed by atoms with E-state index in [0.717, 1.165) is 0 Å². The molecule has 0 aromatic rings. The summed E-state index contributed by atoms with van der Waals surface area (Å²) >= 11 is 0. The van der Waals surface area contributed by atoms with E-state index in [9.17, 15) is 19.2 Å². The van der Waals surface area contributed by atoms with Crippen LogP contribution >= 0.6 is 0 Å². The SMILES string of the molecule is CC(C)C(NC(=O)CNC(=O)C1CCCN1C(=O)CN)C(=O)O. The molecule has 1 saturated heterocycles. The van der Waals surface area contributed by atoms with E-state index in [-0.39, 0.29) is 24.9 Å². The predicted octanol–water partition coefficient (Wildman–Crippen LogP) is -1.72. The number of carbonyl (C=O) groups is 4. The number of carboxylic acids is 1. The number of hydrogen-bond acceptors (Lipinski definition) is 5. The third-order valence-electron chi connectivity index (χ3n) is 3.72. The molecule has 2 unspecified atom stereocenters. The van der Waals surface area contributed by atoms with Crippen molar-refractivity contribution in [1.82, 2.24) is 15.5 Å². The number of aliphatic carboxylic acids is 1. The summed E-state index contributed by atoms with van der Waals surface area (Å²) in [6.07, 6.45) is 1.22. The molecule has 1 heterocycles. The van der Waals surface area contributed by atoms with Crippen molar-refractivity contribution in [2.45, 2.75) is 38.8 Å². The molecule has 9 heteroatoms. The lowest BCUT2D eigenvalue weighted by Crippen LogP contribution is -2.51. The molecule has 0 spiro atoms.